The average Bonchev–Trinajstić information content (AvgIpc) is 2.85. The zero-order chi connectivity index (χ0) is 28.3. The Morgan fingerprint density at radius 1 is 0.676 bits per heavy atom. The van der Waals surface area contributed by atoms with E-state index >= 15 is 0 Å². The molecule has 0 aliphatic rings. The maximum absolute atomic E-state index is 13.0. The van der Waals surface area contributed by atoms with E-state index in [0.717, 1.165) is 25.0 Å². The Bertz CT molecular complexity index is 787. The number of hydrogen-bond acceptors (Lipinski definition) is 9. The molecular formula is C27H44CoO9. The fourth-order valence-corrected chi connectivity index (χ4v) is 4.52. The molecule has 37 heavy (non-hydrogen) atoms. The molecule has 0 saturated heterocycles. The Kier molecular flexibility index (Phi) is 17.7. The van der Waals surface area contributed by atoms with E-state index in [2.05, 4.69) is 13.2 Å². The summed E-state index contributed by atoms with van der Waals surface area (Å²) in [4.78, 5) is 46.0. The van der Waals surface area contributed by atoms with Crippen molar-refractivity contribution in [2.45, 2.75) is 88.8 Å². The number of rotatable bonds is 21. The van der Waals surface area contributed by atoms with E-state index in [9.17, 15) is 23.0 Å². The summed E-state index contributed by atoms with van der Waals surface area (Å²) in [7, 11) is 0. The van der Waals surface area contributed by atoms with Crippen molar-refractivity contribution in [3.8, 4) is 0 Å². The number of unbranched alkanes of at least 4 members (excludes halogenated alkanes) is 4. The number of carbonyl (C=O) groups excluding carboxylic acids is 4. The SMILES string of the molecule is C=CC(=O)OCCCCCC(=O)OCC(C)(C)[CH2][Co](=[O])[C](C)(C)COC(=O)CCCCCOC(=O)C=C. The second kappa shape index (κ2) is 18.8. The zero-order valence-corrected chi connectivity index (χ0v) is 23.8. The third-order valence-corrected chi connectivity index (χ3v) is 8.05. The Balaban J connectivity index is 4.18. The monoisotopic (exact) mass is 571 g/mol. The van der Waals surface area contributed by atoms with Gasteiger partial charge in [0.2, 0.25) is 0 Å². The molecule has 0 unspecified atom stereocenters. The van der Waals surface area contributed by atoms with E-state index in [-0.39, 0.29) is 44.6 Å². The molecular weight excluding hydrogens is 527 g/mol. The number of carbonyl (C=O) groups is 4. The standard InChI is InChI=1S/C14H23O4.C13H21O4.Co.O/c1-5-12(15)17-10-8-6-7-9-13(16)18-11-14(2,3)4;1-4-12(14)16-9-7-5-6-8-13(15)17-10-11(2)3;;/h5H,1-2,6-11H2,3-4H3;4H,1,5-10H2,2-3H3;;. The van der Waals surface area contributed by atoms with Gasteiger partial charge in [-0.1, -0.05) is 13.2 Å². The molecule has 0 saturated carbocycles. The maximum atomic E-state index is 13.0. The first kappa shape index (κ1) is 34.7. The molecule has 0 N–H and O–H groups in total. The first-order valence-electron chi connectivity index (χ1n) is 12.5. The molecule has 0 rings (SSSR count). The quantitative estimate of drug-likeness (QED) is 0.0786. The van der Waals surface area contributed by atoms with Crippen LogP contribution in [0.4, 0.5) is 0 Å². The predicted molar refractivity (Wildman–Crippen MR) is 134 cm³/mol. The molecule has 0 heterocycles. The van der Waals surface area contributed by atoms with Gasteiger partial charge in [0.25, 0.3) is 0 Å². The molecule has 9 nitrogen and oxygen atoms in total. The molecule has 0 bridgehead atoms. The van der Waals surface area contributed by atoms with Gasteiger partial charge in [-0.05, 0) is 0 Å². The van der Waals surface area contributed by atoms with E-state index in [0.29, 0.717) is 37.6 Å². The van der Waals surface area contributed by atoms with Crippen LogP contribution in [-0.4, -0.2) is 50.3 Å². The van der Waals surface area contributed by atoms with Gasteiger partial charge < -0.3 is 0 Å². The van der Waals surface area contributed by atoms with Crippen molar-refractivity contribution in [3.63, 3.8) is 0 Å². The zero-order valence-electron chi connectivity index (χ0n) is 22.8. The summed E-state index contributed by atoms with van der Waals surface area (Å²) in [6.07, 6.45) is 6.71. The molecule has 0 atom stereocenters. The van der Waals surface area contributed by atoms with Crippen LogP contribution in [-0.2, 0) is 55.6 Å². The second-order valence-electron chi connectivity index (χ2n) is 9.91. The van der Waals surface area contributed by atoms with Gasteiger partial charge in [0.05, 0.1) is 0 Å². The van der Waals surface area contributed by atoms with Crippen LogP contribution < -0.4 is 0 Å². The van der Waals surface area contributed by atoms with E-state index in [1.165, 1.54) is 0 Å². The average molecular weight is 572 g/mol. The van der Waals surface area contributed by atoms with Crippen LogP contribution in [0.25, 0.3) is 0 Å². The summed E-state index contributed by atoms with van der Waals surface area (Å²) >= 11 is -1.72. The van der Waals surface area contributed by atoms with Crippen LogP contribution in [0, 0.1) is 5.41 Å². The molecule has 0 amide bonds. The van der Waals surface area contributed by atoms with Crippen LogP contribution in [0.3, 0.4) is 0 Å². The van der Waals surface area contributed by atoms with E-state index < -0.39 is 35.3 Å². The molecule has 0 radical (unpaired) electrons. The normalized spacial score (nSPS) is 11.7. The van der Waals surface area contributed by atoms with Crippen molar-refractivity contribution < 1.29 is 55.6 Å². The number of esters is 4. The molecule has 0 aromatic heterocycles. The summed E-state index contributed by atoms with van der Waals surface area (Å²) in [6, 6.07) is 0. The molecule has 0 aromatic rings. The van der Waals surface area contributed by atoms with Gasteiger partial charge in [-0.15, -0.1) is 0 Å². The molecule has 215 valence electrons. The molecule has 0 aliphatic carbocycles. The van der Waals surface area contributed by atoms with Crippen LogP contribution >= 0.6 is 0 Å². The van der Waals surface area contributed by atoms with Crippen molar-refractivity contribution in [3.05, 3.63) is 25.3 Å². The summed E-state index contributed by atoms with van der Waals surface area (Å²) < 4.78 is 32.8. The van der Waals surface area contributed by atoms with Gasteiger partial charge in [-0.3, -0.25) is 0 Å². The third kappa shape index (κ3) is 18.5. The van der Waals surface area contributed by atoms with Crippen LogP contribution in [0.2, 0.25) is 9.70 Å². The van der Waals surface area contributed by atoms with Crippen molar-refractivity contribution in [1.82, 2.24) is 0 Å². The van der Waals surface area contributed by atoms with Gasteiger partial charge in [0.1, 0.15) is 0 Å². The van der Waals surface area contributed by atoms with Gasteiger partial charge in [0, 0.05) is 6.08 Å². The van der Waals surface area contributed by atoms with Gasteiger partial charge in [-0.2, -0.15) is 0 Å². The first-order chi connectivity index (χ1) is 17.3. The van der Waals surface area contributed by atoms with Crippen molar-refractivity contribution in [1.29, 1.82) is 0 Å². The Labute approximate surface area is 225 Å². The fourth-order valence-electron chi connectivity index (χ4n) is 2.77. The Hall–Kier alpha value is -2.33. The first-order valence-corrected chi connectivity index (χ1v) is 14.2. The Morgan fingerprint density at radius 3 is 1.54 bits per heavy atom. The molecule has 10 heteroatoms. The van der Waals surface area contributed by atoms with Gasteiger partial charge in [-0.25, -0.2) is 4.79 Å². The summed E-state index contributed by atoms with van der Waals surface area (Å²) in [5, 5.41) is 0.315. The minimum absolute atomic E-state index is 0.0366. The van der Waals surface area contributed by atoms with Crippen LogP contribution in [0.15, 0.2) is 25.3 Å². The van der Waals surface area contributed by atoms with Crippen LogP contribution in [0.5, 0.6) is 0 Å². The van der Waals surface area contributed by atoms with Crippen molar-refractivity contribution >= 4 is 23.9 Å². The van der Waals surface area contributed by atoms with Crippen molar-refractivity contribution in [2.24, 2.45) is 5.41 Å². The van der Waals surface area contributed by atoms with E-state index in [1.807, 2.05) is 13.8 Å². The smallest absolute Gasteiger partial charge is 0.0918 e. The number of hydrogen-bond donors (Lipinski definition) is 0. The molecule has 0 aromatic carbocycles. The summed E-state index contributed by atoms with van der Waals surface area (Å²) in [5.41, 5.74) is -0.503. The van der Waals surface area contributed by atoms with E-state index in [4.69, 9.17) is 18.9 Å². The Morgan fingerprint density at radius 2 is 1.11 bits per heavy atom. The third-order valence-electron chi connectivity index (χ3n) is 5.00. The summed E-state index contributed by atoms with van der Waals surface area (Å²) in [5.74, 6) is -1.60. The van der Waals surface area contributed by atoms with Gasteiger partial charge in [0.15, 0.2) is 0 Å². The van der Waals surface area contributed by atoms with E-state index in [1.54, 1.807) is 13.8 Å². The predicted octanol–water partition coefficient (Wildman–Crippen LogP) is 5.26. The van der Waals surface area contributed by atoms with Gasteiger partial charge >= 0.3 is 201 Å². The van der Waals surface area contributed by atoms with Crippen LogP contribution in [0.1, 0.15) is 79.1 Å². The minimum atomic E-state index is -1.72. The van der Waals surface area contributed by atoms with Crippen molar-refractivity contribution in [2.75, 3.05) is 26.4 Å². The number of ether oxygens (including phenoxy) is 4. The minimum Gasteiger partial charge on any atom is -0.0918 e. The second-order valence-corrected chi connectivity index (χ2v) is 12.6. The molecule has 0 fully saturated rings. The fraction of sp³-hybridized carbons (Fsp3) is 0.704. The topological polar surface area (TPSA) is 122 Å². The summed E-state index contributed by atoms with van der Waals surface area (Å²) in [6.45, 7) is 14.7. The molecule has 0 spiro atoms. The molecule has 0 aliphatic heterocycles.